The topological polar surface area (TPSA) is 38.7 Å². The molecule has 0 aromatic rings. The quantitative estimate of drug-likeness (QED) is 0.237. The number of ether oxygens (including phenoxy) is 1. The normalized spacial score (nSPS) is 16.1. The number of hydrogen-bond acceptors (Lipinski definition) is 2. The zero-order valence-corrected chi connectivity index (χ0v) is 10.7. The lowest BCUT2D eigenvalue weighted by atomic mass is 10.2. The predicted molar refractivity (Wildman–Crippen MR) is 69.1 cm³/mol. The Morgan fingerprint density at radius 3 is 2.94 bits per heavy atom. The molecule has 0 aromatic carbocycles. The molecule has 17 heavy (non-hydrogen) atoms. The second-order valence-corrected chi connectivity index (χ2v) is 3.70. The van der Waals surface area contributed by atoms with E-state index >= 15 is 0 Å². The predicted octanol–water partition coefficient (Wildman–Crippen LogP) is 2.57. The minimum atomic E-state index is 0.411. The molecule has 0 bridgehead atoms. The third-order valence-corrected chi connectivity index (χ3v) is 2.26. The monoisotopic (exact) mass is 234 g/mol. The van der Waals surface area contributed by atoms with Crippen LogP contribution in [0.5, 0.6) is 0 Å². The number of hydrogen-bond donors (Lipinski definition) is 0. The van der Waals surface area contributed by atoms with Gasteiger partial charge < -0.3 is 14.8 Å². The van der Waals surface area contributed by atoms with Crippen molar-refractivity contribution in [1.29, 1.82) is 0 Å². The van der Waals surface area contributed by atoms with Gasteiger partial charge in [-0.15, -0.1) is 5.92 Å². The van der Waals surface area contributed by atoms with Crippen molar-refractivity contribution in [3.8, 4) is 11.8 Å². The Morgan fingerprint density at radius 1 is 1.41 bits per heavy atom. The summed E-state index contributed by atoms with van der Waals surface area (Å²) in [5, 5.41) is 0. The van der Waals surface area contributed by atoms with E-state index < -0.39 is 0 Å². The Labute approximate surface area is 104 Å². The maximum atomic E-state index is 5.41. The van der Waals surface area contributed by atoms with Crippen molar-refractivity contribution >= 4 is 12.2 Å². The van der Waals surface area contributed by atoms with Gasteiger partial charge in [0.15, 0.2) is 12.2 Å². The maximum Gasteiger partial charge on any atom is 0.173 e. The van der Waals surface area contributed by atoms with E-state index in [-0.39, 0.29) is 0 Å². The van der Waals surface area contributed by atoms with Crippen LogP contribution in [0.1, 0.15) is 46.0 Å². The molecular weight excluding hydrogens is 214 g/mol. The van der Waals surface area contributed by atoms with E-state index in [9.17, 15) is 0 Å². The SMILES string of the molecule is CCCCCCC#CC(OCC)=[N+]1[C-]=NC[N-]1. The smallest absolute Gasteiger partial charge is 0.173 e. The summed E-state index contributed by atoms with van der Waals surface area (Å²) in [6.07, 6.45) is 8.56. The van der Waals surface area contributed by atoms with Crippen LogP contribution in [0.2, 0.25) is 0 Å². The van der Waals surface area contributed by atoms with Gasteiger partial charge in [0.1, 0.15) is 0 Å². The van der Waals surface area contributed by atoms with Gasteiger partial charge in [-0.05, 0) is 13.3 Å². The molecule has 0 atom stereocenters. The molecule has 0 saturated carbocycles. The first-order valence-corrected chi connectivity index (χ1v) is 6.26. The third-order valence-electron chi connectivity index (χ3n) is 2.26. The molecule has 0 amide bonds. The van der Waals surface area contributed by atoms with E-state index in [4.69, 9.17) is 4.74 Å². The summed E-state index contributed by atoms with van der Waals surface area (Å²) in [6, 6.07) is 0. The average Bonchev–Trinajstić information content (AvgIpc) is 2.86. The zero-order chi connectivity index (χ0) is 12.3. The Kier molecular flexibility index (Phi) is 6.89. The molecule has 1 aliphatic heterocycles. The van der Waals surface area contributed by atoms with E-state index in [0.29, 0.717) is 19.2 Å². The zero-order valence-electron chi connectivity index (χ0n) is 10.7. The molecule has 0 saturated heterocycles. The Hall–Kier alpha value is -1.50. The first kappa shape index (κ1) is 13.6. The highest BCUT2D eigenvalue weighted by Gasteiger charge is 1.94. The molecule has 0 aromatic heterocycles. The molecule has 0 spiro atoms. The lowest BCUT2D eigenvalue weighted by Gasteiger charge is -2.19. The molecule has 0 aliphatic carbocycles. The fourth-order valence-electron chi connectivity index (χ4n) is 1.40. The van der Waals surface area contributed by atoms with E-state index in [2.05, 4.69) is 35.5 Å². The van der Waals surface area contributed by atoms with Crippen molar-refractivity contribution < 1.29 is 9.42 Å². The van der Waals surface area contributed by atoms with Gasteiger partial charge in [0.2, 0.25) is 0 Å². The first-order chi connectivity index (χ1) is 8.38. The molecule has 1 aliphatic rings. The van der Waals surface area contributed by atoms with Crippen LogP contribution in [-0.4, -0.2) is 30.2 Å². The van der Waals surface area contributed by atoms with Gasteiger partial charge >= 0.3 is 0 Å². The van der Waals surface area contributed by atoms with Gasteiger partial charge in [-0.1, -0.05) is 32.1 Å². The Morgan fingerprint density at radius 2 is 2.29 bits per heavy atom. The molecule has 0 unspecified atom stereocenters. The maximum absolute atomic E-state index is 5.41. The van der Waals surface area contributed by atoms with Crippen LogP contribution >= 0.6 is 0 Å². The van der Waals surface area contributed by atoms with Crippen molar-refractivity contribution in [1.82, 2.24) is 0 Å². The molecule has 4 heteroatoms. The van der Waals surface area contributed by atoms with Gasteiger partial charge in [0.25, 0.3) is 0 Å². The lowest BCUT2D eigenvalue weighted by molar-refractivity contribution is -0.342. The number of unbranched alkanes of at least 4 members (excludes halogenated alkanes) is 4. The Balaban J connectivity index is 2.42. The molecular formula is C13H20N3O-. The molecule has 0 fully saturated rings. The molecule has 0 N–H and O–H groups in total. The minimum absolute atomic E-state index is 0.411. The fraction of sp³-hybridized carbons (Fsp3) is 0.692. The highest BCUT2D eigenvalue weighted by Crippen LogP contribution is 2.01. The van der Waals surface area contributed by atoms with Crippen molar-refractivity contribution in [2.75, 3.05) is 13.3 Å². The second-order valence-electron chi connectivity index (χ2n) is 3.70. The van der Waals surface area contributed by atoms with Crippen LogP contribution in [0.3, 0.4) is 0 Å². The van der Waals surface area contributed by atoms with Gasteiger partial charge in [-0.3, -0.25) is 0 Å². The van der Waals surface area contributed by atoms with E-state index in [1.807, 2.05) is 6.92 Å². The minimum Gasteiger partial charge on any atom is -0.541 e. The summed E-state index contributed by atoms with van der Waals surface area (Å²) in [6.45, 7) is 5.12. The highest BCUT2D eigenvalue weighted by molar-refractivity contribution is 5.91. The summed E-state index contributed by atoms with van der Waals surface area (Å²) in [4.78, 5) is 3.88. The number of nitrogens with zero attached hydrogens (tertiary/aromatic N) is 3. The van der Waals surface area contributed by atoms with Crippen molar-refractivity contribution in [3.05, 3.63) is 5.43 Å². The third kappa shape index (κ3) is 5.39. The standard InChI is InChI=1S/C13H20N3O/c1-3-5-6-7-8-9-10-13(17-4-2)16-12-14-11-15-16/h3-8,11H2,1-2H3/q-1. The van der Waals surface area contributed by atoms with Gasteiger partial charge in [0, 0.05) is 6.42 Å². The lowest BCUT2D eigenvalue weighted by Crippen LogP contribution is -2.15. The molecule has 1 rings (SSSR count). The molecule has 1 heterocycles. The largest absolute Gasteiger partial charge is 0.541 e. The van der Waals surface area contributed by atoms with Crippen LogP contribution in [-0.2, 0) is 4.74 Å². The first-order valence-electron chi connectivity index (χ1n) is 6.26. The number of rotatable bonds is 5. The highest BCUT2D eigenvalue weighted by atomic mass is 16.5. The summed E-state index contributed by atoms with van der Waals surface area (Å²) >= 11 is 0. The van der Waals surface area contributed by atoms with E-state index in [1.165, 1.54) is 23.9 Å². The number of aliphatic imine (C=N–C) groups is 1. The van der Waals surface area contributed by atoms with E-state index in [0.717, 1.165) is 12.8 Å². The molecule has 0 radical (unpaired) electrons. The molecule has 94 valence electrons. The van der Waals surface area contributed by atoms with Crippen LogP contribution in [0.25, 0.3) is 5.43 Å². The van der Waals surface area contributed by atoms with Crippen LogP contribution in [0.15, 0.2) is 4.99 Å². The van der Waals surface area contributed by atoms with Gasteiger partial charge in [-0.25, -0.2) is 4.99 Å². The molecule has 4 nitrogen and oxygen atoms in total. The van der Waals surface area contributed by atoms with E-state index in [1.54, 1.807) is 0 Å². The summed E-state index contributed by atoms with van der Waals surface area (Å²) < 4.78 is 6.89. The summed E-state index contributed by atoms with van der Waals surface area (Å²) in [7, 11) is 0. The van der Waals surface area contributed by atoms with Gasteiger partial charge in [-0.2, -0.15) is 0 Å². The van der Waals surface area contributed by atoms with Crippen LogP contribution in [0.4, 0.5) is 0 Å². The second kappa shape index (κ2) is 8.63. The summed E-state index contributed by atoms with van der Waals surface area (Å²) in [5.41, 5.74) is 4.07. The van der Waals surface area contributed by atoms with Crippen LogP contribution < -0.4 is 0 Å². The van der Waals surface area contributed by atoms with Crippen molar-refractivity contribution in [2.24, 2.45) is 4.99 Å². The fourth-order valence-corrected chi connectivity index (χ4v) is 1.40. The van der Waals surface area contributed by atoms with Crippen LogP contribution in [0, 0.1) is 11.8 Å². The average molecular weight is 234 g/mol. The summed E-state index contributed by atoms with van der Waals surface area (Å²) in [5.74, 6) is 6.64. The van der Waals surface area contributed by atoms with Gasteiger partial charge in [0.05, 0.1) is 13.3 Å². The van der Waals surface area contributed by atoms with Crippen molar-refractivity contribution in [2.45, 2.75) is 46.0 Å². The Bertz CT molecular complexity index is 336. The van der Waals surface area contributed by atoms with Crippen molar-refractivity contribution in [3.63, 3.8) is 0 Å².